The maximum absolute atomic E-state index is 12.6. The monoisotopic (exact) mass is 365 g/mol. The van der Waals surface area contributed by atoms with E-state index < -0.39 is 5.97 Å². The third-order valence-electron chi connectivity index (χ3n) is 4.46. The van der Waals surface area contributed by atoms with Gasteiger partial charge in [0.25, 0.3) is 0 Å². The lowest BCUT2D eigenvalue weighted by Gasteiger charge is -2.22. The minimum atomic E-state index is -1.04. The van der Waals surface area contributed by atoms with Crippen molar-refractivity contribution in [3.8, 4) is 11.5 Å². The van der Waals surface area contributed by atoms with Crippen molar-refractivity contribution in [2.75, 3.05) is 20.8 Å². The number of amides is 1. The summed E-state index contributed by atoms with van der Waals surface area (Å²) in [6, 6.07) is 5.27. The molecule has 7 heteroatoms. The van der Waals surface area contributed by atoms with E-state index in [9.17, 15) is 9.59 Å². The van der Waals surface area contributed by atoms with Crippen LogP contribution in [0, 0.1) is 0 Å². The molecular formula is C19H27NO6. The Morgan fingerprint density at radius 1 is 1.19 bits per heavy atom. The molecule has 2 atom stereocenters. The Morgan fingerprint density at radius 2 is 1.85 bits per heavy atom. The van der Waals surface area contributed by atoms with Crippen LogP contribution in [-0.2, 0) is 20.9 Å². The summed E-state index contributed by atoms with van der Waals surface area (Å²) >= 11 is 0. The molecule has 0 bridgehead atoms. The van der Waals surface area contributed by atoms with E-state index in [-0.39, 0.29) is 37.6 Å². The van der Waals surface area contributed by atoms with E-state index in [4.69, 9.17) is 19.3 Å². The highest BCUT2D eigenvalue weighted by molar-refractivity contribution is 5.81. The van der Waals surface area contributed by atoms with E-state index >= 15 is 0 Å². The van der Waals surface area contributed by atoms with Crippen LogP contribution < -0.4 is 9.47 Å². The van der Waals surface area contributed by atoms with Gasteiger partial charge in [0.15, 0.2) is 0 Å². The van der Waals surface area contributed by atoms with E-state index in [0.29, 0.717) is 17.9 Å². The molecule has 1 aliphatic rings. The molecule has 0 aliphatic carbocycles. The van der Waals surface area contributed by atoms with Gasteiger partial charge in [-0.1, -0.05) is 0 Å². The topological polar surface area (TPSA) is 85.3 Å². The number of carbonyl (C=O) groups excluding carboxylic acids is 1. The molecule has 1 amide bonds. The molecule has 26 heavy (non-hydrogen) atoms. The Hall–Kier alpha value is -2.28. The second-order valence-corrected chi connectivity index (χ2v) is 6.55. The Bertz CT molecular complexity index is 610. The van der Waals surface area contributed by atoms with Crippen molar-refractivity contribution in [3.63, 3.8) is 0 Å². The van der Waals surface area contributed by atoms with Gasteiger partial charge in [0.05, 0.1) is 26.4 Å². The van der Waals surface area contributed by atoms with Crippen LogP contribution in [0.15, 0.2) is 18.2 Å². The minimum absolute atomic E-state index is 0.0811. The first-order valence-electron chi connectivity index (χ1n) is 8.78. The van der Waals surface area contributed by atoms with Gasteiger partial charge < -0.3 is 24.2 Å². The lowest BCUT2D eigenvalue weighted by atomic mass is 10.1. The van der Waals surface area contributed by atoms with Gasteiger partial charge in [0.1, 0.15) is 18.0 Å². The average molecular weight is 365 g/mol. The lowest BCUT2D eigenvalue weighted by Crippen LogP contribution is -2.35. The Morgan fingerprint density at radius 3 is 2.35 bits per heavy atom. The van der Waals surface area contributed by atoms with Crippen LogP contribution in [-0.4, -0.2) is 54.9 Å². The van der Waals surface area contributed by atoms with Gasteiger partial charge in [-0.2, -0.15) is 0 Å². The molecule has 0 saturated carbocycles. The number of ether oxygens (including phenoxy) is 3. The van der Waals surface area contributed by atoms with Gasteiger partial charge in [-0.25, -0.2) is 0 Å². The van der Waals surface area contributed by atoms with Gasteiger partial charge >= 0.3 is 5.97 Å². The number of carboxylic acids is 1. The standard InChI is InChI=1S/C19H27NO6/c1-13-4-5-15(26-13)6-7-18(21)20(12-19(22)23)11-14-8-16(24-2)10-17(9-14)25-3/h8-10,13,15H,4-7,11-12H2,1-3H3,(H,22,23). The number of carboxylic acid groups (broad SMARTS) is 1. The number of nitrogens with zero attached hydrogens (tertiary/aromatic N) is 1. The summed E-state index contributed by atoms with van der Waals surface area (Å²) in [6.45, 7) is 1.86. The molecule has 1 saturated heterocycles. The molecule has 1 aromatic rings. The van der Waals surface area contributed by atoms with E-state index in [1.807, 2.05) is 6.92 Å². The Labute approximate surface area is 153 Å². The van der Waals surface area contributed by atoms with Crippen LogP contribution >= 0.6 is 0 Å². The first-order chi connectivity index (χ1) is 12.4. The van der Waals surface area contributed by atoms with E-state index in [2.05, 4.69) is 0 Å². The number of rotatable bonds is 9. The number of carbonyl (C=O) groups is 2. The maximum atomic E-state index is 12.6. The van der Waals surface area contributed by atoms with Gasteiger partial charge in [-0.3, -0.25) is 9.59 Å². The molecule has 1 aromatic carbocycles. The fraction of sp³-hybridized carbons (Fsp3) is 0.579. The molecule has 1 N–H and O–H groups in total. The van der Waals surface area contributed by atoms with Crippen LogP contribution in [0.2, 0.25) is 0 Å². The molecule has 144 valence electrons. The molecule has 0 spiro atoms. The van der Waals surface area contributed by atoms with Gasteiger partial charge in [-0.05, 0) is 43.9 Å². The van der Waals surface area contributed by atoms with Gasteiger partial charge in [-0.15, -0.1) is 0 Å². The van der Waals surface area contributed by atoms with Crippen molar-refractivity contribution < 1.29 is 28.9 Å². The quantitative estimate of drug-likeness (QED) is 0.724. The highest BCUT2D eigenvalue weighted by atomic mass is 16.5. The summed E-state index contributed by atoms with van der Waals surface area (Å²) in [6.07, 6.45) is 3.14. The van der Waals surface area contributed by atoms with Crippen molar-refractivity contribution >= 4 is 11.9 Å². The lowest BCUT2D eigenvalue weighted by molar-refractivity contribution is -0.145. The average Bonchev–Trinajstić information content (AvgIpc) is 3.03. The van der Waals surface area contributed by atoms with Crippen molar-refractivity contribution in [1.82, 2.24) is 4.90 Å². The largest absolute Gasteiger partial charge is 0.497 e. The number of hydrogen-bond acceptors (Lipinski definition) is 5. The highest BCUT2D eigenvalue weighted by Crippen LogP contribution is 2.25. The highest BCUT2D eigenvalue weighted by Gasteiger charge is 2.24. The van der Waals surface area contributed by atoms with Crippen LogP contribution in [0.3, 0.4) is 0 Å². The molecule has 0 aromatic heterocycles. The fourth-order valence-corrected chi connectivity index (χ4v) is 3.11. The summed E-state index contributed by atoms with van der Waals surface area (Å²) in [5.74, 6) is -0.0536. The summed E-state index contributed by atoms with van der Waals surface area (Å²) in [7, 11) is 3.09. The zero-order valence-electron chi connectivity index (χ0n) is 15.6. The Balaban J connectivity index is 2.04. The molecular weight excluding hydrogens is 338 g/mol. The van der Waals surface area contributed by atoms with Gasteiger partial charge in [0, 0.05) is 19.0 Å². The van der Waals surface area contributed by atoms with E-state index in [0.717, 1.165) is 18.4 Å². The fourth-order valence-electron chi connectivity index (χ4n) is 3.11. The van der Waals surface area contributed by atoms with E-state index in [1.54, 1.807) is 32.4 Å². The summed E-state index contributed by atoms with van der Waals surface area (Å²) in [5, 5.41) is 9.16. The maximum Gasteiger partial charge on any atom is 0.323 e. The molecule has 7 nitrogen and oxygen atoms in total. The van der Waals surface area contributed by atoms with Crippen LogP contribution in [0.1, 0.15) is 38.2 Å². The van der Waals surface area contributed by atoms with Crippen molar-refractivity contribution in [2.45, 2.75) is 51.4 Å². The van der Waals surface area contributed by atoms with Crippen LogP contribution in [0.25, 0.3) is 0 Å². The minimum Gasteiger partial charge on any atom is -0.497 e. The Kier molecular flexibility index (Phi) is 7.26. The summed E-state index contributed by atoms with van der Waals surface area (Å²) < 4.78 is 16.2. The zero-order valence-corrected chi connectivity index (χ0v) is 15.6. The van der Waals surface area contributed by atoms with Crippen molar-refractivity contribution in [1.29, 1.82) is 0 Å². The molecule has 2 unspecified atom stereocenters. The second-order valence-electron chi connectivity index (χ2n) is 6.55. The predicted molar refractivity (Wildman–Crippen MR) is 95.4 cm³/mol. The van der Waals surface area contributed by atoms with Crippen molar-refractivity contribution in [2.24, 2.45) is 0 Å². The van der Waals surface area contributed by atoms with Crippen LogP contribution in [0.4, 0.5) is 0 Å². The molecule has 1 fully saturated rings. The number of benzene rings is 1. The zero-order chi connectivity index (χ0) is 19.1. The third kappa shape index (κ3) is 5.91. The molecule has 0 radical (unpaired) electrons. The predicted octanol–water partition coefficient (Wildman–Crippen LogP) is 2.46. The smallest absolute Gasteiger partial charge is 0.323 e. The SMILES string of the molecule is COc1cc(CN(CC(=O)O)C(=O)CCC2CCC(C)O2)cc(OC)c1. The first kappa shape index (κ1) is 20.0. The molecule has 2 rings (SSSR count). The number of aliphatic carboxylic acids is 1. The van der Waals surface area contributed by atoms with Gasteiger partial charge in [0.2, 0.25) is 5.91 Å². The summed E-state index contributed by atoms with van der Waals surface area (Å²) in [4.78, 5) is 25.1. The number of methoxy groups -OCH3 is 2. The normalized spacial score (nSPS) is 19.2. The summed E-state index contributed by atoms with van der Waals surface area (Å²) in [5.41, 5.74) is 0.751. The molecule has 1 heterocycles. The van der Waals surface area contributed by atoms with Crippen molar-refractivity contribution in [3.05, 3.63) is 23.8 Å². The van der Waals surface area contributed by atoms with E-state index in [1.165, 1.54) is 4.90 Å². The third-order valence-corrected chi connectivity index (χ3v) is 4.46. The second kappa shape index (κ2) is 9.43. The number of hydrogen-bond donors (Lipinski definition) is 1. The first-order valence-corrected chi connectivity index (χ1v) is 8.78. The van der Waals surface area contributed by atoms with Crippen LogP contribution in [0.5, 0.6) is 11.5 Å². The molecule has 1 aliphatic heterocycles.